The normalized spacial score (nSPS) is 15.5. The summed E-state index contributed by atoms with van der Waals surface area (Å²) in [5, 5.41) is 18.9. The van der Waals surface area contributed by atoms with Crippen molar-refractivity contribution in [2.45, 2.75) is 32.1 Å². The first kappa shape index (κ1) is 22.9. The Bertz CT molecular complexity index is 1240. The molecule has 172 valence electrons. The summed E-state index contributed by atoms with van der Waals surface area (Å²) in [5.41, 5.74) is 3.74. The van der Waals surface area contributed by atoms with Gasteiger partial charge in [-0.3, -0.25) is 4.90 Å². The Morgan fingerprint density at radius 1 is 1.09 bits per heavy atom. The fourth-order valence-electron chi connectivity index (χ4n) is 4.08. The molecule has 1 heterocycles. The molecule has 7 nitrogen and oxygen atoms in total. The zero-order chi connectivity index (χ0) is 24.1. The Hall–Kier alpha value is -4.31. The average Bonchev–Trinajstić information content (AvgIpc) is 2.87. The van der Waals surface area contributed by atoms with E-state index in [0.29, 0.717) is 29.8 Å². The number of hydrogen-bond donors (Lipinski definition) is 1. The lowest BCUT2D eigenvalue weighted by molar-refractivity contribution is -0.144. The van der Waals surface area contributed by atoms with E-state index in [0.717, 1.165) is 16.7 Å². The van der Waals surface area contributed by atoms with Crippen molar-refractivity contribution in [3.63, 3.8) is 0 Å². The summed E-state index contributed by atoms with van der Waals surface area (Å²) in [6.07, 6.45) is -0.959. The van der Waals surface area contributed by atoms with E-state index in [4.69, 9.17) is 9.47 Å². The topological polar surface area (TPSA) is 99.9 Å². The van der Waals surface area contributed by atoms with Crippen LogP contribution in [-0.2, 0) is 22.6 Å². The molecule has 34 heavy (non-hydrogen) atoms. The van der Waals surface area contributed by atoms with Gasteiger partial charge in [0.25, 0.3) is 0 Å². The summed E-state index contributed by atoms with van der Waals surface area (Å²) < 4.78 is 11.4. The smallest absolute Gasteiger partial charge is 0.410 e. The van der Waals surface area contributed by atoms with Crippen LogP contribution >= 0.6 is 0 Å². The van der Waals surface area contributed by atoms with Gasteiger partial charge in [-0.05, 0) is 48.2 Å². The minimum absolute atomic E-state index is 0.127. The van der Waals surface area contributed by atoms with E-state index in [2.05, 4.69) is 6.07 Å². The third kappa shape index (κ3) is 4.86. The number of carbonyl (C=O) groups excluding carboxylic acids is 1. The Kier molecular flexibility index (Phi) is 6.79. The lowest BCUT2D eigenvalue weighted by Gasteiger charge is -2.37. The standard InChI is InChI=1S/C27H24N2O5/c1-18(26(30)31)34-24-12-11-20(16-28)15-23(24)25-22-10-6-5-9-21(22)13-14-29(25)27(32)33-17-19-7-3-2-4-8-19/h2-12,15,18,25H,13-14,17H2,1H3,(H,30,31). The molecule has 0 bridgehead atoms. The summed E-state index contributed by atoms with van der Waals surface area (Å²) in [4.78, 5) is 26.3. The van der Waals surface area contributed by atoms with Crippen molar-refractivity contribution in [3.8, 4) is 11.8 Å². The number of nitriles is 1. The molecule has 0 aliphatic carbocycles. The van der Waals surface area contributed by atoms with E-state index in [1.807, 2.05) is 54.6 Å². The first-order valence-corrected chi connectivity index (χ1v) is 11.0. The molecule has 4 rings (SSSR count). The molecule has 0 saturated heterocycles. The molecule has 0 aromatic heterocycles. The number of nitrogens with zero attached hydrogens (tertiary/aromatic N) is 2. The molecule has 0 radical (unpaired) electrons. The zero-order valence-corrected chi connectivity index (χ0v) is 18.7. The van der Waals surface area contributed by atoms with Gasteiger partial charge >= 0.3 is 12.1 Å². The number of amides is 1. The van der Waals surface area contributed by atoms with Crippen molar-refractivity contribution in [1.29, 1.82) is 5.26 Å². The molecule has 1 aliphatic rings. The van der Waals surface area contributed by atoms with Crippen molar-refractivity contribution < 1.29 is 24.2 Å². The SMILES string of the molecule is CC(Oc1ccc(C#N)cc1C1c2ccccc2CCN1C(=O)OCc1ccccc1)C(=O)O. The minimum atomic E-state index is -1.11. The lowest BCUT2D eigenvalue weighted by Crippen LogP contribution is -2.41. The molecule has 3 aromatic rings. The monoisotopic (exact) mass is 456 g/mol. The van der Waals surface area contributed by atoms with Gasteiger partial charge in [0.2, 0.25) is 0 Å². The van der Waals surface area contributed by atoms with Crippen LogP contribution in [0.5, 0.6) is 5.75 Å². The van der Waals surface area contributed by atoms with Crippen LogP contribution in [0.15, 0.2) is 72.8 Å². The maximum Gasteiger partial charge on any atom is 0.410 e. The van der Waals surface area contributed by atoms with E-state index in [1.165, 1.54) is 6.92 Å². The second kappa shape index (κ2) is 10.1. The largest absolute Gasteiger partial charge is 0.479 e. The fraction of sp³-hybridized carbons (Fsp3) is 0.222. The van der Waals surface area contributed by atoms with Crippen LogP contribution in [-0.4, -0.2) is 34.7 Å². The zero-order valence-electron chi connectivity index (χ0n) is 18.7. The van der Waals surface area contributed by atoms with E-state index in [1.54, 1.807) is 23.1 Å². The fourth-order valence-corrected chi connectivity index (χ4v) is 4.08. The molecule has 7 heteroatoms. The van der Waals surface area contributed by atoms with Crippen LogP contribution < -0.4 is 4.74 Å². The van der Waals surface area contributed by atoms with Crippen molar-refractivity contribution in [2.75, 3.05) is 6.54 Å². The van der Waals surface area contributed by atoms with Crippen molar-refractivity contribution >= 4 is 12.1 Å². The summed E-state index contributed by atoms with van der Waals surface area (Å²) in [6, 6.07) is 23.5. The highest BCUT2D eigenvalue weighted by molar-refractivity contribution is 5.73. The van der Waals surface area contributed by atoms with Crippen LogP contribution in [0.25, 0.3) is 0 Å². The summed E-state index contributed by atoms with van der Waals surface area (Å²) in [6.45, 7) is 1.97. The third-order valence-electron chi connectivity index (χ3n) is 5.81. The lowest BCUT2D eigenvalue weighted by atomic mass is 9.87. The van der Waals surface area contributed by atoms with Gasteiger partial charge < -0.3 is 14.6 Å². The summed E-state index contributed by atoms with van der Waals surface area (Å²) in [5.74, 6) is -0.810. The number of fused-ring (bicyclic) bond motifs is 1. The van der Waals surface area contributed by atoms with Crippen molar-refractivity contribution in [2.24, 2.45) is 0 Å². The first-order valence-electron chi connectivity index (χ1n) is 11.0. The summed E-state index contributed by atoms with van der Waals surface area (Å²) >= 11 is 0. The van der Waals surface area contributed by atoms with Crippen LogP contribution in [0.4, 0.5) is 4.79 Å². The second-order valence-electron chi connectivity index (χ2n) is 8.05. The van der Waals surface area contributed by atoms with Crippen molar-refractivity contribution in [1.82, 2.24) is 4.90 Å². The highest BCUT2D eigenvalue weighted by Gasteiger charge is 2.35. The second-order valence-corrected chi connectivity index (χ2v) is 8.05. The Balaban J connectivity index is 1.74. The predicted octanol–water partition coefficient (Wildman–Crippen LogP) is 4.69. The van der Waals surface area contributed by atoms with Gasteiger partial charge in [-0.1, -0.05) is 54.6 Å². The first-order chi connectivity index (χ1) is 16.5. The number of hydrogen-bond acceptors (Lipinski definition) is 5. The molecule has 0 saturated carbocycles. The number of benzene rings is 3. The van der Waals surface area contributed by atoms with Crippen LogP contribution in [0.1, 0.15) is 40.8 Å². The minimum Gasteiger partial charge on any atom is -0.479 e. The highest BCUT2D eigenvalue weighted by Crippen LogP contribution is 2.40. The number of aliphatic carboxylic acids is 1. The van der Waals surface area contributed by atoms with E-state index in [-0.39, 0.29) is 6.61 Å². The van der Waals surface area contributed by atoms with E-state index in [9.17, 15) is 20.0 Å². The number of rotatable bonds is 6. The van der Waals surface area contributed by atoms with Crippen LogP contribution in [0.3, 0.4) is 0 Å². The van der Waals surface area contributed by atoms with Gasteiger partial charge in [-0.25, -0.2) is 9.59 Å². The molecule has 1 amide bonds. The predicted molar refractivity (Wildman–Crippen MR) is 124 cm³/mol. The van der Waals surface area contributed by atoms with Crippen LogP contribution in [0.2, 0.25) is 0 Å². The average molecular weight is 456 g/mol. The third-order valence-corrected chi connectivity index (χ3v) is 5.81. The Morgan fingerprint density at radius 3 is 2.56 bits per heavy atom. The van der Waals surface area contributed by atoms with Crippen LogP contribution in [0, 0.1) is 11.3 Å². The maximum absolute atomic E-state index is 13.3. The Labute approximate surface area is 197 Å². The van der Waals surface area contributed by atoms with Crippen molar-refractivity contribution in [3.05, 3.63) is 101 Å². The maximum atomic E-state index is 13.3. The van der Waals surface area contributed by atoms with E-state index >= 15 is 0 Å². The number of carboxylic acid groups (broad SMARTS) is 1. The van der Waals surface area contributed by atoms with Gasteiger partial charge in [-0.2, -0.15) is 5.26 Å². The molecule has 1 aliphatic heterocycles. The van der Waals surface area contributed by atoms with Gasteiger partial charge in [0, 0.05) is 12.1 Å². The molecule has 1 N–H and O–H groups in total. The van der Waals surface area contributed by atoms with Gasteiger partial charge in [0.1, 0.15) is 12.4 Å². The molecule has 3 aromatic carbocycles. The van der Waals surface area contributed by atoms with Gasteiger partial charge in [0.05, 0.1) is 17.7 Å². The molecule has 0 spiro atoms. The highest BCUT2D eigenvalue weighted by atomic mass is 16.6. The number of ether oxygens (including phenoxy) is 2. The summed E-state index contributed by atoms with van der Waals surface area (Å²) in [7, 11) is 0. The Morgan fingerprint density at radius 2 is 1.82 bits per heavy atom. The molecule has 2 unspecified atom stereocenters. The number of carbonyl (C=O) groups is 2. The molecular weight excluding hydrogens is 432 g/mol. The van der Waals surface area contributed by atoms with E-state index < -0.39 is 24.2 Å². The molecule has 2 atom stereocenters. The molecular formula is C27H24N2O5. The quantitative estimate of drug-likeness (QED) is 0.577. The van der Waals surface area contributed by atoms with Gasteiger partial charge in [0.15, 0.2) is 6.10 Å². The number of carboxylic acids is 1. The molecule has 0 fully saturated rings. The van der Waals surface area contributed by atoms with Gasteiger partial charge in [-0.15, -0.1) is 0 Å².